The topological polar surface area (TPSA) is 69.2 Å². The van der Waals surface area contributed by atoms with E-state index in [-0.39, 0.29) is 16.6 Å². The van der Waals surface area contributed by atoms with Crippen molar-refractivity contribution < 1.29 is 9.34 Å². The van der Waals surface area contributed by atoms with Crippen LogP contribution in [0, 0.1) is 17.0 Å². The molecule has 6 heteroatoms. The van der Waals surface area contributed by atoms with Crippen molar-refractivity contribution in [2.45, 2.75) is 6.92 Å². The van der Waals surface area contributed by atoms with Gasteiger partial charge in [-0.25, -0.2) is 4.98 Å². The summed E-state index contributed by atoms with van der Waals surface area (Å²) >= 11 is 6.22. The third-order valence-electron chi connectivity index (χ3n) is 3.22. The SMILES string of the molecule is Cc1ccc(/C=C(\Cl)c2nc3ccccc3o2)cc1[N+](=O)[O-]. The molecule has 3 aromatic rings. The molecule has 2 aromatic carbocycles. The van der Waals surface area contributed by atoms with Crippen LogP contribution in [0.5, 0.6) is 0 Å². The van der Waals surface area contributed by atoms with Crippen molar-refractivity contribution in [1.82, 2.24) is 4.98 Å². The first-order chi connectivity index (χ1) is 10.5. The molecule has 0 unspecified atom stereocenters. The Morgan fingerprint density at radius 3 is 2.82 bits per heavy atom. The Labute approximate surface area is 131 Å². The number of nitrogens with zero attached hydrogens (tertiary/aromatic N) is 2. The Hall–Kier alpha value is -2.66. The maximum absolute atomic E-state index is 11.0. The molecule has 3 rings (SSSR count). The average Bonchev–Trinajstić information content (AvgIpc) is 2.93. The highest BCUT2D eigenvalue weighted by molar-refractivity contribution is 6.50. The number of nitro benzene ring substituents is 1. The smallest absolute Gasteiger partial charge is 0.272 e. The zero-order valence-corrected chi connectivity index (χ0v) is 12.4. The Bertz CT molecular complexity index is 866. The Morgan fingerprint density at radius 2 is 2.09 bits per heavy atom. The number of nitro groups is 1. The standard InChI is InChI=1S/C16H11ClN2O3/c1-10-6-7-11(9-14(10)19(20)21)8-12(17)16-18-13-4-2-3-5-15(13)22-16/h2-9H,1H3/b12-8-. The van der Waals surface area contributed by atoms with E-state index in [1.807, 2.05) is 18.2 Å². The van der Waals surface area contributed by atoms with E-state index in [2.05, 4.69) is 4.98 Å². The minimum absolute atomic E-state index is 0.0516. The Morgan fingerprint density at radius 1 is 1.32 bits per heavy atom. The molecular weight excluding hydrogens is 304 g/mol. The van der Waals surface area contributed by atoms with E-state index in [1.165, 1.54) is 6.07 Å². The number of benzene rings is 2. The Kier molecular flexibility index (Phi) is 3.65. The maximum atomic E-state index is 11.0. The van der Waals surface area contributed by atoms with Crippen LogP contribution < -0.4 is 0 Å². The number of para-hydroxylation sites is 2. The van der Waals surface area contributed by atoms with Gasteiger partial charge in [0.05, 0.1) is 4.92 Å². The quantitative estimate of drug-likeness (QED) is 0.515. The summed E-state index contributed by atoms with van der Waals surface area (Å²) in [7, 11) is 0. The molecule has 0 aliphatic rings. The molecule has 0 aliphatic carbocycles. The molecule has 0 saturated carbocycles. The summed E-state index contributed by atoms with van der Waals surface area (Å²) in [4.78, 5) is 14.8. The number of oxazole rings is 1. The van der Waals surface area contributed by atoms with Gasteiger partial charge >= 0.3 is 0 Å². The summed E-state index contributed by atoms with van der Waals surface area (Å²) in [5.41, 5.74) is 2.61. The van der Waals surface area contributed by atoms with E-state index >= 15 is 0 Å². The first-order valence-corrected chi connectivity index (χ1v) is 6.90. The minimum Gasteiger partial charge on any atom is -0.435 e. The van der Waals surface area contributed by atoms with Crippen molar-refractivity contribution in [3.05, 3.63) is 69.6 Å². The number of aromatic nitrogens is 1. The van der Waals surface area contributed by atoms with Gasteiger partial charge in [-0.15, -0.1) is 0 Å². The summed E-state index contributed by atoms with van der Waals surface area (Å²) in [6, 6.07) is 12.2. The third kappa shape index (κ3) is 2.71. The predicted molar refractivity (Wildman–Crippen MR) is 85.6 cm³/mol. The molecule has 5 nitrogen and oxygen atoms in total. The molecule has 0 atom stereocenters. The molecule has 0 N–H and O–H groups in total. The van der Waals surface area contributed by atoms with Gasteiger partial charge in [-0.3, -0.25) is 10.1 Å². The van der Waals surface area contributed by atoms with Crippen molar-refractivity contribution in [3.63, 3.8) is 0 Å². The molecule has 110 valence electrons. The van der Waals surface area contributed by atoms with Crippen LogP contribution in [0.4, 0.5) is 5.69 Å². The molecule has 22 heavy (non-hydrogen) atoms. The van der Waals surface area contributed by atoms with Gasteiger partial charge < -0.3 is 4.42 Å². The van der Waals surface area contributed by atoms with Crippen LogP contribution in [-0.4, -0.2) is 9.91 Å². The molecule has 0 saturated heterocycles. The van der Waals surface area contributed by atoms with Crippen molar-refractivity contribution in [1.29, 1.82) is 0 Å². The van der Waals surface area contributed by atoms with Gasteiger partial charge in [-0.1, -0.05) is 35.9 Å². The Balaban J connectivity index is 2.00. The fraction of sp³-hybridized carbons (Fsp3) is 0.0625. The number of aryl methyl sites for hydroxylation is 1. The normalized spacial score (nSPS) is 11.8. The van der Waals surface area contributed by atoms with Crippen molar-refractivity contribution >= 4 is 39.5 Å². The molecule has 1 heterocycles. The van der Waals surface area contributed by atoms with Crippen LogP contribution in [-0.2, 0) is 0 Å². The molecule has 1 aromatic heterocycles. The second-order valence-electron chi connectivity index (χ2n) is 4.78. The number of halogens is 1. The lowest BCUT2D eigenvalue weighted by Crippen LogP contribution is -1.92. The summed E-state index contributed by atoms with van der Waals surface area (Å²) in [5.74, 6) is 0.283. The van der Waals surface area contributed by atoms with Crippen LogP contribution in [0.25, 0.3) is 22.2 Å². The number of fused-ring (bicyclic) bond motifs is 1. The van der Waals surface area contributed by atoms with E-state index in [1.54, 1.807) is 31.2 Å². The number of rotatable bonds is 3. The maximum Gasteiger partial charge on any atom is 0.272 e. The molecule has 0 amide bonds. The van der Waals surface area contributed by atoms with E-state index in [0.29, 0.717) is 22.2 Å². The fourth-order valence-electron chi connectivity index (χ4n) is 2.10. The van der Waals surface area contributed by atoms with Crippen molar-refractivity contribution in [3.8, 4) is 0 Å². The number of hydrogen-bond acceptors (Lipinski definition) is 4. The molecular formula is C16H11ClN2O3. The fourth-order valence-corrected chi connectivity index (χ4v) is 2.30. The molecule has 0 spiro atoms. The number of hydrogen-bond donors (Lipinski definition) is 0. The average molecular weight is 315 g/mol. The van der Waals surface area contributed by atoms with E-state index in [9.17, 15) is 10.1 Å². The van der Waals surface area contributed by atoms with Crippen LogP contribution in [0.15, 0.2) is 46.9 Å². The molecule has 0 bridgehead atoms. The van der Waals surface area contributed by atoms with Gasteiger partial charge in [0.2, 0.25) is 5.89 Å². The van der Waals surface area contributed by atoms with Gasteiger partial charge in [-0.2, -0.15) is 0 Å². The van der Waals surface area contributed by atoms with Gasteiger partial charge in [0, 0.05) is 11.6 Å². The molecule has 0 aliphatic heterocycles. The van der Waals surface area contributed by atoms with E-state index in [0.717, 1.165) is 0 Å². The van der Waals surface area contributed by atoms with Crippen LogP contribution in [0.2, 0.25) is 0 Å². The summed E-state index contributed by atoms with van der Waals surface area (Å²) in [6.07, 6.45) is 1.60. The van der Waals surface area contributed by atoms with Crippen molar-refractivity contribution in [2.24, 2.45) is 0 Å². The second kappa shape index (κ2) is 5.61. The highest BCUT2D eigenvalue weighted by atomic mass is 35.5. The molecule has 0 radical (unpaired) electrons. The second-order valence-corrected chi connectivity index (χ2v) is 5.19. The first kappa shape index (κ1) is 14.3. The zero-order chi connectivity index (χ0) is 15.7. The van der Waals surface area contributed by atoms with Gasteiger partial charge in [-0.05, 0) is 30.7 Å². The lowest BCUT2D eigenvalue weighted by molar-refractivity contribution is -0.385. The summed E-state index contributed by atoms with van der Waals surface area (Å²) in [6.45, 7) is 1.69. The predicted octanol–water partition coefficient (Wildman–Crippen LogP) is 4.78. The molecule has 0 fully saturated rings. The van der Waals surface area contributed by atoms with E-state index in [4.69, 9.17) is 16.0 Å². The zero-order valence-electron chi connectivity index (χ0n) is 11.6. The van der Waals surface area contributed by atoms with Gasteiger partial charge in [0.1, 0.15) is 10.5 Å². The van der Waals surface area contributed by atoms with Crippen LogP contribution in [0.3, 0.4) is 0 Å². The van der Waals surface area contributed by atoms with Gasteiger partial charge in [0.15, 0.2) is 5.58 Å². The highest BCUT2D eigenvalue weighted by Crippen LogP contribution is 2.27. The van der Waals surface area contributed by atoms with Crippen LogP contribution >= 0.6 is 11.6 Å². The monoisotopic (exact) mass is 314 g/mol. The van der Waals surface area contributed by atoms with Crippen molar-refractivity contribution in [2.75, 3.05) is 0 Å². The van der Waals surface area contributed by atoms with E-state index < -0.39 is 4.92 Å². The first-order valence-electron chi connectivity index (χ1n) is 6.53. The third-order valence-corrected chi connectivity index (χ3v) is 3.49. The lowest BCUT2D eigenvalue weighted by Gasteiger charge is -1.99. The highest BCUT2D eigenvalue weighted by Gasteiger charge is 2.12. The minimum atomic E-state index is -0.417. The summed E-state index contributed by atoms with van der Waals surface area (Å²) in [5, 5.41) is 11.3. The largest absolute Gasteiger partial charge is 0.435 e. The lowest BCUT2D eigenvalue weighted by atomic mass is 10.1. The summed E-state index contributed by atoms with van der Waals surface area (Å²) < 4.78 is 5.56. The van der Waals surface area contributed by atoms with Crippen LogP contribution in [0.1, 0.15) is 17.0 Å². The van der Waals surface area contributed by atoms with Gasteiger partial charge in [0.25, 0.3) is 5.69 Å².